The van der Waals surface area contributed by atoms with Crippen LogP contribution in [0.5, 0.6) is 0 Å². The van der Waals surface area contributed by atoms with E-state index in [4.69, 9.17) is 16.3 Å². The molecular weight excluding hydrogens is 298 g/mol. The van der Waals surface area contributed by atoms with Gasteiger partial charge in [-0.15, -0.1) is 0 Å². The van der Waals surface area contributed by atoms with E-state index in [-0.39, 0.29) is 5.60 Å². The molecule has 3 aliphatic rings. The third-order valence-corrected chi connectivity index (χ3v) is 5.48. The highest BCUT2D eigenvalue weighted by Gasteiger charge is 2.45. The normalized spacial score (nSPS) is 28.0. The Bertz CT molecular complexity index is 526. The van der Waals surface area contributed by atoms with E-state index in [1.807, 2.05) is 12.1 Å². The van der Waals surface area contributed by atoms with Crippen molar-refractivity contribution in [1.82, 2.24) is 10.2 Å². The van der Waals surface area contributed by atoms with Crippen molar-refractivity contribution in [3.05, 3.63) is 29.3 Å². The molecular formula is C17H24ClN3O. The first-order valence-electron chi connectivity index (χ1n) is 8.34. The standard InChI is InChI=1S/C17H24ClN3O/c18-14-2-1-3-15(10-14)21-8-6-20(7-9-21)11-16-4-5-17(22-16)12-19-13-17/h1-3,10,16,19H,4-9,11-13H2. The lowest BCUT2D eigenvalue weighted by Gasteiger charge is -2.40. The number of ether oxygens (including phenoxy) is 1. The average molecular weight is 322 g/mol. The molecule has 1 aromatic carbocycles. The van der Waals surface area contributed by atoms with Crippen LogP contribution in [0.3, 0.4) is 0 Å². The lowest BCUT2D eigenvalue weighted by atomic mass is 9.93. The number of hydrogen-bond acceptors (Lipinski definition) is 4. The quantitative estimate of drug-likeness (QED) is 0.921. The summed E-state index contributed by atoms with van der Waals surface area (Å²) in [6.07, 6.45) is 2.88. The van der Waals surface area contributed by atoms with Gasteiger partial charge in [-0.3, -0.25) is 4.90 Å². The summed E-state index contributed by atoms with van der Waals surface area (Å²) in [4.78, 5) is 4.98. The minimum Gasteiger partial charge on any atom is -0.369 e. The minimum atomic E-state index is 0.188. The highest BCUT2D eigenvalue weighted by Crippen LogP contribution is 2.34. The van der Waals surface area contributed by atoms with Crippen LogP contribution in [0.25, 0.3) is 0 Å². The molecule has 4 nitrogen and oxygen atoms in total. The molecule has 0 bridgehead atoms. The van der Waals surface area contributed by atoms with Crippen molar-refractivity contribution in [3.63, 3.8) is 0 Å². The maximum absolute atomic E-state index is 6.28. The zero-order valence-corrected chi connectivity index (χ0v) is 13.7. The van der Waals surface area contributed by atoms with E-state index in [9.17, 15) is 0 Å². The number of nitrogens with zero attached hydrogens (tertiary/aromatic N) is 2. The Morgan fingerprint density at radius 3 is 2.68 bits per heavy atom. The largest absolute Gasteiger partial charge is 0.369 e. The molecule has 3 fully saturated rings. The minimum absolute atomic E-state index is 0.188. The van der Waals surface area contributed by atoms with Crippen LogP contribution >= 0.6 is 11.6 Å². The number of piperazine rings is 1. The molecule has 4 rings (SSSR count). The SMILES string of the molecule is Clc1cccc(N2CCN(CC3CCC4(CNC4)O3)CC2)c1. The fourth-order valence-electron chi connectivity index (χ4n) is 3.84. The van der Waals surface area contributed by atoms with Crippen LogP contribution in [0.4, 0.5) is 5.69 Å². The van der Waals surface area contributed by atoms with Crippen molar-refractivity contribution in [2.24, 2.45) is 0 Å². The Morgan fingerprint density at radius 1 is 1.23 bits per heavy atom. The molecule has 1 N–H and O–H groups in total. The van der Waals surface area contributed by atoms with E-state index in [2.05, 4.69) is 27.2 Å². The molecule has 3 heterocycles. The zero-order valence-electron chi connectivity index (χ0n) is 12.9. The summed E-state index contributed by atoms with van der Waals surface area (Å²) in [5.74, 6) is 0. The van der Waals surface area contributed by atoms with Crippen molar-refractivity contribution in [1.29, 1.82) is 0 Å². The van der Waals surface area contributed by atoms with E-state index < -0.39 is 0 Å². The topological polar surface area (TPSA) is 27.7 Å². The monoisotopic (exact) mass is 321 g/mol. The second-order valence-corrected chi connectivity index (χ2v) is 7.27. The van der Waals surface area contributed by atoms with Crippen LogP contribution in [0.1, 0.15) is 12.8 Å². The summed E-state index contributed by atoms with van der Waals surface area (Å²) in [5.41, 5.74) is 1.43. The second-order valence-electron chi connectivity index (χ2n) is 6.83. The van der Waals surface area contributed by atoms with E-state index in [0.717, 1.165) is 50.8 Å². The van der Waals surface area contributed by atoms with Gasteiger partial charge < -0.3 is 15.0 Å². The molecule has 1 unspecified atom stereocenters. The van der Waals surface area contributed by atoms with Gasteiger partial charge in [-0.05, 0) is 31.0 Å². The number of anilines is 1. The van der Waals surface area contributed by atoms with Crippen LogP contribution in [-0.4, -0.2) is 62.4 Å². The molecule has 5 heteroatoms. The number of benzene rings is 1. The number of rotatable bonds is 3. The van der Waals surface area contributed by atoms with E-state index >= 15 is 0 Å². The smallest absolute Gasteiger partial charge is 0.0935 e. The van der Waals surface area contributed by atoms with Gasteiger partial charge in [0.1, 0.15) is 0 Å². The molecule has 3 saturated heterocycles. The van der Waals surface area contributed by atoms with Gasteiger partial charge in [0.25, 0.3) is 0 Å². The molecule has 1 atom stereocenters. The van der Waals surface area contributed by atoms with Crippen molar-refractivity contribution in [2.75, 3.05) is 50.7 Å². The number of hydrogen-bond donors (Lipinski definition) is 1. The third kappa shape index (κ3) is 2.98. The van der Waals surface area contributed by atoms with Gasteiger partial charge in [0.2, 0.25) is 0 Å². The Labute approximate surface area is 137 Å². The molecule has 1 spiro atoms. The van der Waals surface area contributed by atoms with Gasteiger partial charge in [0.05, 0.1) is 11.7 Å². The van der Waals surface area contributed by atoms with Crippen molar-refractivity contribution in [3.8, 4) is 0 Å². The van der Waals surface area contributed by atoms with Crippen LogP contribution in [0.2, 0.25) is 5.02 Å². The average Bonchev–Trinajstić information content (AvgIpc) is 2.93. The van der Waals surface area contributed by atoms with Gasteiger partial charge in [0.15, 0.2) is 0 Å². The lowest BCUT2D eigenvalue weighted by molar-refractivity contribution is -0.0809. The molecule has 0 amide bonds. The maximum Gasteiger partial charge on any atom is 0.0935 e. The van der Waals surface area contributed by atoms with E-state index in [0.29, 0.717) is 6.10 Å². The molecule has 0 saturated carbocycles. The van der Waals surface area contributed by atoms with E-state index in [1.165, 1.54) is 18.5 Å². The van der Waals surface area contributed by atoms with Gasteiger partial charge in [-0.1, -0.05) is 17.7 Å². The van der Waals surface area contributed by atoms with Crippen molar-refractivity contribution >= 4 is 17.3 Å². The number of nitrogens with one attached hydrogen (secondary N) is 1. The van der Waals surface area contributed by atoms with Crippen LogP contribution in [0.15, 0.2) is 24.3 Å². The number of halogens is 1. The Morgan fingerprint density at radius 2 is 2.05 bits per heavy atom. The van der Waals surface area contributed by atoms with Crippen molar-refractivity contribution in [2.45, 2.75) is 24.5 Å². The third-order valence-electron chi connectivity index (χ3n) is 5.24. The van der Waals surface area contributed by atoms with Crippen LogP contribution < -0.4 is 10.2 Å². The summed E-state index contributed by atoms with van der Waals surface area (Å²) in [6, 6.07) is 8.17. The van der Waals surface area contributed by atoms with Gasteiger partial charge in [0, 0.05) is 56.5 Å². The molecule has 1 aromatic rings. The molecule has 0 radical (unpaired) electrons. The van der Waals surface area contributed by atoms with Crippen LogP contribution in [0, 0.1) is 0 Å². The summed E-state index contributed by atoms with van der Waals surface area (Å²) in [7, 11) is 0. The summed E-state index contributed by atoms with van der Waals surface area (Å²) >= 11 is 6.09. The molecule has 22 heavy (non-hydrogen) atoms. The Hall–Kier alpha value is -0.810. The highest BCUT2D eigenvalue weighted by molar-refractivity contribution is 6.30. The van der Waals surface area contributed by atoms with Crippen LogP contribution in [-0.2, 0) is 4.74 Å². The fourth-order valence-corrected chi connectivity index (χ4v) is 4.02. The van der Waals surface area contributed by atoms with E-state index in [1.54, 1.807) is 0 Å². The Kier molecular flexibility index (Phi) is 4.03. The second kappa shape index (κ2) is 6.00. The molecule has 3 aliphatic heterocycles. The highest BCUT2D eigenvalue weighted by atomic mass is 35.5. The molecule has 0 aromatic heterocycles. The van der Waals surface area contributed by atoms with Gasteiger partial charge >= 0.3 is 0 Å². The zero-order chi connectivity index (χ0) is 15.0. The first-order chi connectivity index (χ1) is 10.7. The predicted octanol–water partition coefficient (Wildman–Crippen LogP) is 1.98. The summed E-state index contributed by atoms with van der Waals surface area (Å²) < 4.78 is 6.28. The predicted molar refractivity (Wildman–Crippen MR) is 89.8 cm³/mol. The summed E-state index contributed by atoms with van der Waals surface area (Å²) in [5, 5.41) is 4.16. The van der Waals surface area contributed by atoms with Gasteiger partial charge in [-0.25, -0.2) is 0 Å². The lowest BCUT2D eigenvalue weighted by Crippen LogP contribution is -2.59. The maximum atomic E-state index is 6.28. The summed E-state index contributed by atoms with van der Waals surface area (Å²) in [6.45, 7) is 7.54. The molecule has 0 aliphatic carbocycles. The van der Waals surface area contributed by atoms with Gasteiger partial charge in [-0.2, -0.15) is 0 Å². The Balaban J connectivity index is 1.27. The van der Waals surface area contributed by atoms with Crippen molar-refractivity contribution < 1.29 is 4.74 Å². The first-order valence-corrected chi connectivity index (χ1v) is 8.72. The fraction of sp³-hybridized carbons (Fsp3) is 0.647. The first kappa shape index (κ1) is 14.8. The molecule has 120 valence electrons.